The molecule has 2 atom stereocenters. The molecule has 0 aromatic carbocycles. The normalized spacial score (nSPS) is 13.2. The van der Waals surface area contributed by atoms with Crippen LogP contribution >= 0.6 is 0 Å². The van der Waals surface area contributed by atoms with Gasteiger partial charge >= 0.3 is 0 Å². The van der Waals surface area contributed by atoms with Crippen LogP contribution in [0, 0.1) is 0 Å². The van der Waals surface area contributed by atoms with Crippen molar-refractivity contribution in [1.29, 1.82) is 0 Å². The van der Waals surface area contributed by atoms with Gasteiger partial charge in [0, 0.05) is 6.42 Å². The lowest BCUT2D eigenvalue weighted by atomic mass is 10.0. The molecule has 53 heavy (non-hydrogen) atoms. The third-order valence-corrected chi connectivity index (χ3v) is 10.9. The molecule has 2 unspecified atom stereocenters. The van der Waals surface area contributed by atoms with Gasteiger partial charge in [0.1, 0.15) is 0 Å². The van der Waals surface area contributed by atoms with Gasteiger partial charge in [-0.05, 0) is 44.9 Å². The van der Waals surface area contributed by atoms with Crippen molar-refractivity contribution in [3.8, 4) is 0 Å². The zero-order chi connectivity index (χ0) is 38.6. The first-order valence-electron chi connectivity index (χ1n) is 23.7. The predicted molar refractivity (Wildman–Crippen MR) is 235 cm³/mol. The molecule has 0 radical (unpaired) electrons. The maximum absolute atomic E-state index is 12.4. The fraction of sp³-hybridized carbons (Fsp3) is 0.857. The van der Waals surface area contributed by atoms with Crippen LogP contribution in [0.1, 0.15) is 251 Å². The van der Waals surface area contributed by atoms with E-state index in [0.717, 1.165) is 38.5 Å². The quantitative estimate of drug-likeness (QED) is 0.0430. The maximum atomic E-state index is 12.4. The SMILES string of the molecule is CCCCCCCC/C=C/CC/C=C/CC/C=C/C(O)C(CO)NC(=O)CCCCCCCCCCCCCCCCCCCCCCCCCCC. The number of amides is 1. The van der Waals surface area contributed by atoms with Gasteiger partial charge in [0.15, 0.2) is 0 Å². The van der Waals surface area contributed by atoms with E-state index in [1.165, 1.54) is 193 Å². The number of aliphatic hydroxyl groups excluding tert-OH is 2. The molecule has 1 amide bonds. The molecule has 0 aliphatic rings. The van der Waals surface area contributed by atoms with E-state index in [-0.39, 0.29) is 12.5 Å². The average molecular weight is 744 g/mol. The molecule has 0 rings (SSSR count). The Hall–Kier alpha value is -1.39. The van der Waals surface area contributed by atoms with Crippen LogP contribution in [0.2, 0.25) is 0 Å². The zero-order valence-electron chi connectivity index (χ0n) is 35.8. The van der Waals surface area contributed by atoms with Crippen LogP contribution in [-0.4, -0.2) is 34.9 Å². The first-order chi connectivity index (χ1) is 26.2. The first-order valence-corrected chi connectivity index (χ1v) is 23.7. The Balaban J connectivity index is 3.53. The summed E-state index contributed by atoms with van der Waals surface area (Å²) in [6.45, 7) is 4.30. The number of aliphatic hydroxyl groups is 2. The Bertz CT molecular complexity index is 806. The number of rotatable bonds is 43. The fourth-order valence-electron chi connectivity index (χ4n) is 7.21. The molecular formula is C49H93NO3. The topological polar surface area (TPSA) is 69.6 Å². The largest absolute Gasteiger partial charge is 0.394 e. The zero-order valence-corrected chi connectivity index (χ0v) is 35.8. The highest BCUT2D eigenvalue weighted by Gasteiger charge is 2.17. The molecule has 0 aromatic rings. The smallest absolute Gasteiger partial charge is 0.220 e. The number of nitrogens with one attached hydrogen (secondary N) is 1. The van der Waals surface area contributed by atoms with Crippen molar-refractivity contribution in [2.45, 2.75) is 264 Å². The van der Waals surface area contributed by atoms with Crippen molar-refractivity contribution < 1.29 is 15.0 Å². The summed E-state index contributed by atoms with van der Waals surface area (Å²) in [6, 6.07) is -0.642. The summed E-state index contributed by atoms with van der Waals surface area (Å²) < 4.78 is 0. The van der Waals surface area contributed by atoms with E-state index in [2.05, 4.69) is 43.5 Å². The van der Waals surface area contributed by atoms with Crippen molar-refractivity contribution in [2.24, 2.45) is 0 Å². The molecular weight excluding hydrogens is 651 g/mol. The number of allylic oxidation sites excluding steroid dienone is 5. The summed E-state index contributed by atoms with van der Waals surface area (Å²) in [7, 11) is 0. The summed E-state index contributed by atoms with van der Waals surface area (Å²) >= 11 is 0. The monoisotopic (exact) mass is 744 g/mol. The second-order valence-corrected chi connectivity index (χ2v) is 16.2. The lowest BCUT2D eigenvalue weighted by Crippen LogP contribution is -2.45. The van der Waals surface area contributed by atoms with E-state index >= 15 is 0 Å². The number of unbranched alkanes of at least 4 members (excludes halogenated alkanes) is 32. The van der Waals surface area contributed by atoms with Crippen molar-refractivity contribution in [3.63, 3.8) is 0 Å². The number of carbonyl (C=O) groups excluding carboxylic acids is 1. The van der Waals surface area contributed by atoms with Crippen LogP contribution in [0.3, 0.4) is 0 Å². The van der Waals surface area contributed by atoms with Crippen LogP contribution in [0.4, 0.5) is 0 Å². The minimum absolute atomic E-state index is 0.0745. The molecule has 0 heterocycles. The van der Waals surface area contributed by atoms with Crippen LogP contribution in [0.5, 0.6) is 0 Å². The molecule has 0 fully saturated rings. The number of hydrogen-bond donors (Lipinski definition) is 3. The van der Waals surface area contributed by atoms with Gasteiger partial charge in [0.2, 0.25) is 5.91 Å². The third-order valence-electron chi connectivity index (χ3n) is 10.9. The molecule has 312 valence electrons. The molecule has 0 bridgehead atoms. The van der Waals surface area contributed by atoms with E-state index in [0.29, 0.717) is 6.42 Å². The Morgan fingerprint density at radius 1 is 0.434 bits per heavy atom. The Labute approximate surface area is 331 Å². The van der Waals surface area contributed by atoms with Crippen molar-refractivity contribution in [1.82, 2.24) is 5.32 Å². The summed E-state index contributed by atoms with van der Waals surface area (Å²) in [5, 5.41) is 23.0. The molecule has 0 aliphatic heterocycles. The van der Waals surface area contributed by atoms with Crippen molar-refractivity contribution in [3.05, 3.63) is 36.5 Å². The van der Waals surface area contributed by atoms with E-state index in [9.17, 15) is 15.0 Å². The minimum Gasteiger partial charge on any atom is -0.394 e. The van der Waals surface area contributed by atoms with Gasteiger partial charge < -0.3 is 15.5 Å². The molecule has 0 saturated carbocycles. The molecule has 0 spiro atoms. The van der Waals surface area contributed by atoms with Crippen molar-refractivity contribution >= 4 is 5.91 Å². The van der Waals surface area contributed by atoms with E-state index in [1.54, 1.807) is 6.08 Å². The summed E-state index contributed by atoms with van der Waals surface area (Å²) in [5.74, 6) is -0.0745. The highest BCUT2D eigenvalue weighted by molar-refractivity contribution is 5.76. The summed E-state index contributed by atoms with van der Waals surface area (Å²) in [6.07, 6.45) is 59.9. The van der Waals surface area contributed by atoms with Gasteiger partial charge in [-0.25, -0.2) is 0 Å². The Morgan fingerprint density at radius 3 is 1.09 bits per heavy atom. The average Bonchev–Trinajstić information content (AvgIpc) is 3.16. The predicted octanol–water partition coefficient (Wildman–Crippen LogP) is 15.0. The minimum atomic E-state index is -0.867. The molecule has 4 heteroatoms. The van der Waals surface area contributed by atoms with Gasteiger partial charge in [0.05, 0.1) is 18.8 Å². The highest BCUT2D eigenvalue weighted by Crippen LogP contribution is 2.16. The van der Waals surface area contributed by atoms with E-state index in [1.807, 2.05) is 6.08 Å². The van der Waals surface area contributed by atoms with Crippen LogP contribution in [0.25, 0.3) is 0 Å². The van der Waals surface area contributed by atoms with Gasteiger partial charge in [-0.3, -0.25) is 4.79 Å². The van der Waals surface area contributed by atoms with E-state index < -0.39 is 12.1 Å². The second kappa shape index (κ2) is 45.0. The van der Waals surface area contributed by atoms with Gasteiger partial charge in [-0.15, -0.1) is 0 Å². The Morgan fingerprint density at radius 2 is 0.736 bits per heavy atom. The van der Waals surface area contributed by atoms with E-state index in [4.69, 9.17) is 0 Å². The second-order valence-electron chi connectivity index (χ2n) is 16.2. The molecule has 3 N–H and O–H groups in total. The fourth-order valence-corrected chi connectivity index (χ4v) is 7.21. The summed E-state index contributed by atoms with van der Waals surface area (Å²) in [4.78, 5) is 12.4. The van der Waals surface area contributed by atoms with Gasteiger partial charge in [-0.1, -0.05) is 237 Å². The molecule has 0 aliphatic carbocycles. The first kappa shape index (κ1) is 51.6. The molecule has 0 aromatic heterocycles. The Kier molecular flexibility index (Phi) is 43.8. The van der Waals surface area contributed by atoms with Gasteiger partial charge in [-0.2, -0.15) is 0 Å². The molecule has 4 nitrogen and oxygen atoms in total. The highest BCUT2D eigenvalue weighted by atomic mass is 16.3. The van der Waals surface area contributed by atoms with Crippen molar-refractivity contribution in [2.75, 3.05) is 6.61 Å². The van der Waals surface area contributed by atoms with Crippen LogP contribution in [-0.2, 0) is 4.79 Å². The standard InChI is InChI=1S/C49H93NO3/c1-3-5-7-9-11-13-15-17-19-21-22-23-24-25-26-27-28-29-31-33-35-37-39-41-43-45-49(53)50-47(46-51)48(52)44-42-40-38-36-34-32-30-20-18-16-14-12-10-8-6-4-2/h18,20,34,36,42,44,47-48,51-52H,3-17,19,21-33,35,37-41,43,45-46H2,1-2H3,(H,50,53)/b20-18+,36-34+,44-42+. The number of carbonyl (C=O) groups is 1. The number of hydrogen-bond acceptors (Lipinski definition) is 3. The van der Waals surface area contributed by atoms with Crippen LogP contribution in [0.15, 0.2) is 36.5 Å². The lowest BCUT2D eigenvalue weighted by molar-refractivity contribution is -0.123. The maximum Gasteiger partial charge on any atom is 0.220 e. The lowest BCUT2D eigenvalue weighted by Gasteiger charge is -2.19. The van der Waals surface area contributed by atoms with Gasteiger partial charge in [0.25, 0.3) is 0 Å². The van der Waals surface area contributed by atoms with Crippen LogP contribution < -0.4 is 5.32 Å². The summed E-state index contributed by atoms with van der Waals surface area (Å²) in [5.41, 5.74) is 0. The molecule has 0 saturated heterocycles. The third kappa shape index (κ3) is 41.6.